The summed E-state index contributed by atoms with van der Waals surface area (Å²) in [6, 6.07) is 16.8. The van der Waals surface area contributed by atoms with Crippen molar-refractivity contribution in [2.75, 3.05) is 6.23 Å². The molecule has 0 aliphatic heterocycles. The van der Waals surface area contributed by atoms with Crippen LogP contribution in [0.25, 0.3) is 21.5 Å². The number of rotatable bonds is 3. The molecule has 1 N–H and O–H groups in total. The van der Waals surface area contributed by atoms with E-state index in [0.717, 1.165) is 75.0 Å². The average Bonchev–Trinajstić information content (AvgIpc) is 2.62. The van der Waals surface area contributed by atoms with Crippen LogP contribution in [0.4, 0.5) is 0 Å². The minimum Gasteiger partial charge on any atom is -0.497 e. The standard InChI is InChI=1S/C21H24O2Si/c22-21(12-6-1-7-13-21)19-15-8-2-4-10-17(15)20(23-14-24)18-11-5-3-9-16(18)19/h2-5,8-11,22H,1,6-7,12-14H2,24H3. The van der Waals surface area contributed by atoms with Gasteiger partial charge in [-0.25, -0.2) is 0 Å². The van der Waals surface area contributed by atoms with E-state index in [-0.39, 0.29) is 0 Å². The van der Waals surface area contributed by atoms with Crippen molar-refractivity contribution in [1.82, 2.24) is 0 Å². The molecule has 1 aliphatic carbocycles. The van der Waals surface area contributed by atoms with Crippen molar-refractivity contribution < 1.29 is 9.84 Å². The second-order valence-electron chi connectivity index (χ2n) is 6.82. The van der Waals surface area contributed by atoms with Crippen LogP contribution in [0.3, 0.4) is 0 Å². The van der Waals surface area contributed by atoms with Crippen LogP contribution in [0.2, 0.25) is 0 Å². The Morgan fingerprint density at radius 2 is 1.33 bits per heavy atom. The van der Waals surface area contributed by atoms with Gasteiger partial charge >= 0.3 is 0 Å². The number of hydrogen-bond acceptors (Lipinski definition) is 2. The summed E-state index contributed by atoms with van der Waals surface area (Å²) in [5, 5.41) is 16.1. The predicted octanol–water partition coefficient (Wildman–Crippen LogP) is 3.85. The molecule has 0 atom stereocenters. The van der Waals surface area contributed by atoms with Crippen LogP contribution in [-0.2, 0) is 5.60 Å². The lowest BCUT2D eigenvalue weighted by Crippen LogP contribution is -2.29. The maximum Gasteiger partial charge on any atom is 0.134 e. The first kappa shape index (κ1) is 15.7. The lowest BCUT2D eigenvalue weighted by atomic mass is 9.76. The normalized spacial score (nSPS) is 17.4. The van der Waals surface area contributed by atoms with Gasteiger partial charge in [-0.05, 0) is 29.2 Å². The van der Waals surface area contributed by atoms with Gasteiger partial charge in [0.1, 0.15) is 5.75 Å². The Morgan fingerprint density at radius 1 is 0.833 bits per heavy atom. The molecular weight excluding hydrogens is 312 g/mol. The summed E-state index contributed by atoms with van der Waals surface area (Å²) in [5.74, 6) is 0.972. The van der Waals surface area contributed by atoms with E-state index in [1.807, 2.05) is 0 Å². The number of aliphatic hydroxyl groups is 1. The van der Waals surface area contributed by atoms with Crippen molar-refractivity contribution in [3.8, 4) is 5.75 Å². The Hall–Kier alpha value is -1.84. The molecular formula is C21H24O2Si. The van der Waals surface area contributed by atoms with Crippen molar-refractivity contribution in [3.05, 3.63) is 54.1 Å². The average molecular weight is 337 g/mol. The Bertz CT molecular complexity index is 825. The monoisotopic (exact) mass is 336 g/mol. The minimum atomic E-state index is -0.725. The van der Waals surface area contributed by atoms with Crippen molar-refractivity contribution in [3.63, 3.8) is 0 Å². The molecule has 3 aromatic rings. The van der Waals surface area contributed by atoms with Gasteiger partial charge < -0.3 is 9.84 Å². The molecule has 24 heavy (non-hydrogen) atoms. The van der Waals surface area contributed by atoms with Gasteiger partial charge in [-0.3, -0.25) is 0 Å². The van der Waals surface area contributed by atoms with Crippen molar-refractivity contribution in [1.29, 1.82) is 0 Å². The SMILES string of the molecule is OC1(c2c3ccccc3c(OC[SiH3])c3ccccc23)CCCCC1. The maximum atomic E-state index is 11.5. The molecule has 0 spiro atoms. The van der Waals surface area contributed by atoms with Crippen LogP contribution in [0.1, 0.15) is 37.7 Å². The molecule has 0 radical (unpaired) electrons. The number of hydrogen-bond donors (Lipinski definition) is 1. The highest BCUT2D eigenvalue weighted by Crippen LogP contribution is 2.47. The lowest BCUT2D eigenvalue weighted by molar-refractivity contribution is 0.00209. The second-order valence-corrected chi connectivity index (χ2v) is 7.40. The van der Waals surface area contributed by atoms with E-state index < -0.39 is 5.60 Å². The van der Waals surface area contributed by atoms with Crippen LogP contribution < -0.4 is 4.74 Å². The van der Waals surface area contributed by atoms with E-state index in [2.05, 4.69) is 48.5 Å². The van der Waals surface area contributed by atoms with Gasteiger partial charge in [-0.2, -0.15) is 0 Å². The number of ether oxygens (including phenoxy) is 1. The van der Waals surface area contributed by atoms with Crippen molar-refractivity contribution in [2.24, 2.45) is 0 Å². The first-order valence-corrected chi connectivity index (χ1v) is 10.4. The molecule has 2 nitrogen and oxygen atoms in total. The molecule has 4 rings (SSSR count). The third-order valence-electron chi connectivity index (χ3n) is 5.32. The Labute approximate surface area is 145 Å². The molecule has 0 saturated heterocycles. The highest BCUT2D eigenvalue weighted by Gasteiger charge is 2.35. The van der Waals surface area contributed by atoms with E-state index in [9.17, 15) is 5.11 Å². The molecule has 0 bridgehead atoms. The molecule has 0 heterocycles. The second kappa shape index (κ2) is 6.23. The third-order valence-corrected chi connectivity index (χ3v) is 5.61. The summed E-state index contributed by atoms with van der Waals surface area (Å²) in [7, 11) is 1.00. The largest absolute Gasteiger partial charge is 0.497 e. The molecule has 124 valence electrons. The molecule has 0 amide bonds. The van der Waals surface area contributed by atoms with Gasteiger partial charge in [0, 0.05) is 10.8 Å². The summed E-state index contributed by atoms with van der Waals surface area (Å²) in [4.78, 5) is 0. The zero-order valence-corrected chi connectivity index (χ0v) is 16.2. The zero-order valence-electron chi connectivity index (χ0n) is 14.2. The summed E-state index contributed by atoms with van der Waals surface area (Å²) in [5.41, 5.74) is 0.380. The van der Waals surface area contributed by atoms with E-state index in [0.29, 0.717) is 0 Å². The van der Waals surface area contributed by atoms with Gasteiger partial charge in [0.25, 0.3) is 0 Å². The fourth-order valence-corrected chi connectivity index (χ4v) is 4.56. The molecule has 0 unspecified atom stereocenters. The topological polar surface area (TPSA) is 29.5 Å². The van der Waals surface area contributed by atoms with E-state index in [1.165, 1.54) is 6.42 Å². The van der Waals surface area contributed by atoms with Crippen LogP contribution in [0.15, 0.2) is 48.5 Å². The third kappa shape index (κ3) is 2.43. The van der Waals surface area contributed by atoms with Gasteiger partial charge in [-0.1, -0.05) is 67.8 Å². The first-order chi connectivity index (χ1) is 11.7. The summed E-state index contributed by atoms with van der Waals surface area (Å²) < 4.78 is 6.09. The summed E-state index contributed by atoms with van der Waals surface area (Å²) in [6.07, 6.45) is 5.89. The highest BCUT2D eigenvalue weighted by molar-refractivity contribution is 6.11. The van der Waals surface area contributed by atoms with Gasteiger partial charge in [-0.15, -0.1) is 0 Å². The number of fused-ring (bicyclic) bond motifs is 2. The van der Waals surface area contributed by atoms with E-state index in [1.54, 1.807) is 0 Å². The van der Waals surface area contributed by atoms with Crippen LogP contribution >= 0.6 is 0 Å². The fourth-order valence-electron chi connectivity index (χ4n) is 4.28. The van der Waals surface area contributed by atoms with Gasteiger partial charge in [0.15, 0.2) is 0 Å². The first-order valence-electron chi connectivity index (χ1n) is 9.04. The van der Waals surface area contributed by atoms with Crippen LogP contribution in [0.5, 0.6) is 5.75 Å². The lowest BCUT2D eigenvalue weighted by Gasteiger charge is -2.35. The van der Waals surface area contributed by atoms with Crippen LogP contribution in [0, 0.1) is 0 Å². The molecule has 1 fully saturated rings. The Balaban J connectivity index is 2.13. The molecule has 3 aromatic carbocycles. The van der Waals surface area contributed by atoms with E-state index in [4.69, 9.17) is 4.74 Å². The molecule has 1 saturated carbocycles. The van der Waals surface area contributed by atoms with Gasteiger partial charge in [0.2, 0.25) is 0 Å². The highest BCUT2D eigenvalue weighted by atomic mass is 28.1. The molecule has 0 aromatic heterocycles. The summed E-state index contributed by atoms with van der Waals surface area (Å²) >= 11 is 0. The fraction of sp³-hybridized carbons (Fsp3) is 0.333. The van der Waals surface area contributed by atoms with E-state index >= 15 is 0 Å². The number of benzene rings is 3. The van der Waals surface area contributed by atoms with Gasteiger partial charge in [0.05, 0.1) is 22.1 Å². The minimum absolute atomic E-state index is 0.725. The molecule has 1 aliphatic rings. The smallest absolute Gasteiger partial charge is 0.134 e. The Kier molecular flexibility index (Phi) is 4.07. The van der Waals surface area contributed by atoms with Crippen molar-refractivity contribution >= 4 is 31.8 Å². The van der Waals surface area contributed by atoms with Crippen molar-refractivity contribution in [2.45, 2.75) is 37.7 Å². The summed E-state index contributed by atoms with van der Waals surface area (Å²) in [6.45, 7) is 0. The quantitative estimate of drug-likeness (QED) is 0.581. The molecule has 3 heteroatoms. The Morgan fingerprint density at radius 3 is 1.83 bits per heavy atom. The predicted molar refractivity (Wildman–Crippen MR) is 104 cm³/mol. The maximum absolute atomic E-state index is 11.5. The zero-order chi connectivity index (χ0) is 16.6. The van der Waals surface area contributed by atoms with Crippen LogP contribution in [-0.4, -0.2) is 21.6 Å².